The summed E-state index contributed by atoms with van der Waals surface area (Å²) in [6.07, 6.45) is 5.22. The smallest absolute Gasteiger partial charge is 0.268 e. The summed E-state index contributed by atoms with van der Waals surface area (Å²) in [5.74, 6) is 0.788. The summed E-state index contributed by atoms with van der Waals surface area (Å²) >= 11 is 0. The van der Waals surface area contributed by atoms with Gasteiger partial charge in [-0.25, -0.2) is 4.98 Å². The largest absolute Gasteiger partial charge is 0.510 e. The van der Waals surface area contributed by atoms with Crippen LogP contribution in [0.25, 0.3) is 106 Å². The molecule has 0 spiro atoms. The molecule has 0 radical (unpaired) electrons. The van der Waals surface area contributed by atoms with E-state index in [1.165, 1.54) is 23.4 Å². The second-order valence-electron chi connectivity index (χ2n) is 31.8. The van der Waals surface area contributed by atoms with Crippen molar-refractivity contribution in [3.8, 4) is 84.3 Å². The Bertz CT molecular complexity index is 5650. The van der Waals surface area contributed by atoms with E-state index in [2.05, 4.69) is 220 Å². The molecule has 0 unspecified atom stereocenters. The fourth-order valence-electron chi connectivity index (χ4n) is 12.5. The van der Waals surface area contributed by atoms with E-state index in [1.807, 2.05) is 71.3 Å². The van der Waals surface area contributed by atoms with Crippen LogP contribution in [0.3, 0.4) is 0 Å². The number of imidazole rings is 1. The summed E-state index contributed by atoms with van der Waals surface area (Å²) in [7, 11) is 0. The first kappa shape index (κ1) is 53.2. The van der Waals surface area contributed by atoms with E-state index in [0.29, 0.717) is 28.0 Å². The fourth-order valence-corrected chi connectivity index (χ4v) is 12.5. The maximum absolute atomic E-state index is 9.62. The van der Waals surface area contributed by atoms with Crippen molar-refractivity contribution in [3.63, 3.8) is 0 Å². The number of aromatic nitrogens is 4. The summed E-state index contributed by atoms with van der Waals surface area (Å²) in [6.45, 7) is 37.0. The third-order valence-corrected chi connectivity index (χ3v) is 18.4. The minimum atomic E-state index is -2.82. The van der Waals surface area contributed by atoms with Gasteiger partial charge in [-0.05, 0) is 170 Å². The molecule has 3 aromatic heterocycles. The van der Waals surface area contributed by atoms with Crippen LogP contribution in [0.1, 0.15) is 181 Å². The Hall–Kier alpha value is -8.89. The fraction of sp³-hybridized carbons (Fsp3) is 0.275. The van der Waals surface area contributed by atoms with Crippen LogP contribution in [0.4, 0.5) is 0 Å². The van der Waals surface area contributed by atoms with Crippen molar-refractivity contribution in [2.75, 3.05) is 0 Å². The summed E-state index contributed by atoms with van der Waals surface area (Å²) in [5.41, 5.74) is 14.0. The molecular formula is C91H92N4OPt-2. The van der Waals surface area contributed by atoms with Crippen molar-refractivity contribution in [2.24, 2.45) is 0 Å². The van der Waals surface area contributed by atoms with Crippen LogP contribution in [-0.4, -0.2) is 14.1 Å². The van der Waals surface area contributed by atoms with Gasteiger partial charge in [-0.3, -0.25) is 4.57 Å². The van der Waals surface area contributed by atoms with Gasteiger partial charge in [0, 0.05) is 54.0 Å². The Morgan fingerprint density at radius 1 is 0.423 bits per heavy atom. The van der Waals surface area contributed by atoms with Gasteiger partial charge in [0.1, 0.15) is 5.82 Å². The second kappa shape index (κ2) is 25.2. The van der Waals surface area contributed by atoms with Gasteiger partial charge >= 0.3 is 0 Å². The number of pyridine rings is 1. The first-order valence-electron chi connectivity index (χ1n) is 39.6. The molecule has 6 heteroatoms. The van der Waals surface area contributed by atoms with Gasteiger partial charge in [0.2, 0.25) is 0 Å². The quantitative estimate of drug-likeness (QED) is 0.101. The molecule has 13 aromatic rings. The molecule has 494 valence electrons. The predicted molar refractivity (Wildman–Crippen MR) is 404 cm³/mol. The van der Waals surface area contributed by atoms with Crippen LogP contribution in [0.5, 0.6) is 11.5 Å². The average Bonchev–Trinajstić information content (AvgIpc) is 1.45. The molecule has 0 bridgehead atoms. The van der Waals surface area contributed by atoms with Gasteiger partial charge in [-0.15, -0.1) is 29.7 Å². The van der Waals surface area contributed by atoms with E-state index in [-0.39, 0.29) is 99.5 Å². The SMILES string of the molecule is [2H]c1c([2H])c([2H])c(-c2cc(-c3cc(C(C)(C)C)cc(C(C)(C)C)c3)c(-[n+]3[c-]n(-c4[c-]c(Oc5[c-]c6c(cc5)c5ccccc5n6-c5cc(C([2H])([2H])[2H])c(-c6c([2H])c([2H])c([2H])c([2H])c6[2H])cn5)ccc4)c4cc(-c5cc(C(C)(C)C)cc(C(C)(C)C)c5)ccc43)c(-c3cc(C(C)(C)C)cc(C(C)(C)C)c3)c2)c([2H])c1[2H].[Pt]. The van der Waals surface area contributed by atoms with E-state index in [1.54, 1.807) is 4.57 Å². The van der Waals surface area contributed by atoms with Gasteiger partial charge < -0.3 is 13.9 Å². The minimum Gasteiger partial charge on any atom is -0.510 e. The van der Waals surface area contributed by atoms with Crippen molar-refractivity contribution < 1.29 is 48.2 Å². The Morgan fingerprint density at radius 2 is 0.918 bits per heavy atom. The van der Waals surface area contributed by atoms with Crippen molar-refractivity contribution in [1.82, 2.24) is 14.1 Å². The number of fused-ring (bicyclic) bond motifs is 4. The standard InChI is InChI=1S/C91H92N4O.Pt/c1-58-41-84(92-56-79(58)60-31-24-21-25-32-60)95-80-36-27-26-35-75(80)76-39-38-74(55-82(76)95)96-73-34-28-33-72(54-73)93-57-94(81-40-37-61(50-83(81)93)62-42-66(86(2,3)4)51-67(43-62)87(5,6)7)85-77(64-44-68(88(8,9)10)52-69(45-64)89(11,12)13)48-63(59-29-22-20-23-30-59)49-78(85)65-46-70(90(14,15)16)53-71(47-65)91(17,18)19;/h20-53,56H,1-19H3;/q-2;/i1D3,20D,21D,22D,23D,24D,25D,29D,30D,31D,32D;. The maximum atomic E-state index is 9.62. The van der Waals surface area contributed by atoms with E-state index in [9.17, 15) is 2.74 Å². The van der Waals surface area contributed by atoms with Crippen molar-refractivity contribution in [3.05, 3.63) is 270 Å². The summed E-state index contributed by atoms with van der Waals surface area (Å²) < 4.78 is 128. The molecule has 10 aromatic carbocycles. The van der Waals surface area contributed by atoms with Gasteiger partial charge in [0.25, 0.3) is 6.33 Å². The van der Waals surface area contributed by atoms with E-state index < -0.39 is 55.2 Å². The first-order chi connectivity index (χ1) is 50.6. The van der Waals surface area contributed by atoms with Gasteiger partial charge in [-0.2, -0.15) is 18.2 Å². The molecule has 5 nitrogen and oxygen atoms in total. The number of nitrogens with zero attached hydrogens (tertiary/aromatic N) is 4. The van der Waals surface area contributed by atoms with Crippen LogP contribution < -0.4 is 9.30 Å². The number of hydrogen-bond donors (Lipinski definition) is 0. The molecule has 97 heavy (non-hydrogen) atoms. The van der Waals surface area contributed by atoms with Crippen molar-refractivity contribution in [1.29, 1.82) is 0 Å². The van der Waals surface area contributed by atoms with Crippen LogP contribution in [0, 0.1) is 25.3 Å². The zero-order valence-electron chi connectivity index (χ0n) is 71.9. The normalized spacial score (nSPS) is 14.6. The summed E-state index contributed by atoms with van der Waals surface area (Å²) in [4.78, 5) is 4.80. The monoisotopic (exact) mass is 1460 g/mol. The van der Waals surface area contributed by atoms with E-state index >= 15 is 0 Å². The van der Waals surface area contributed by atoms with Crippen molar-refractivity contribution >= 4 is 32.8 Å². The number of benzene rings is 10. The third kappa shape index (κ3) is 13.6. The molecule has 0 aliphatic rings. The topological polar surface area (TPSA) is 35.9 Å². The minimum absolute atomic E-state index is 0. The van der Waals surface area contributed by atoms with Gasteiger partial charge in [-0.1, -0.05) is 275 Å². The third-order valence-electron chi connectivity index (χ3n) is 18.4. The predicted octanol–water partition coefficient (Wildman–Crippen LogP) is 24.0. The Morgan fingerprint density at radius 3 is 1.44 bits per heavy atom. The van der Waals surface area contributed by atoms with Gasteiger partial charge in [0.05, 0.1) is 30.4 Å². The molecular weight excluding hydrogens is 1360 g/mol. The number of rotatable bonds is 10. The van der Waals surface area contributed by atoms with Crippen molar-refractivity contribution in [2.45, 2.75) is 164 Å². The Balaban J connectivity index is 0.0000113. The van der Waals surface area contributed by atoms with E-state index in [0.717, 1.165) is 83.1 Å². The molecule has 0 saturated heterocycles. The van der Waals surface area contributed by atoms with Crippen LogP contribution in [-0.2, 0) is 53.6 Å². The second-order valence-corrected chi connectivity index (χ2v) is 31.8. The molecule has 0 saturated carbocycles. The zero-order valence-corrected chi connectivity index (χ0v) is 61.2. The van der Waals surface area contributed by atoms with E-state index in [4.69, 9.17) is 24.8 Å². The van der Waals surface area contributed by atoms with Crippen LogP contribution in [0.15, 0.2) is 212 Å². The Labute approximate surface area is 609 Å². The molecule has 0 aliphatic carbocycles. The molecule has 0 fully saturated rings. The van der Waals surface area contributed by atoms with Crippen LogP contribution in [0.2, 0.25) is 0 Å². The molecule has 3 heterocycles. The molecule has 0 amide bonds. The first-order valence-corrected chi connectivity index (χ1v) is 33.1. The molecule has 13 rings (SSSR count). The molecule has 0 aliphatic heterocycles. The number of para-hydroxylation sites is 1. The number of aryl methyl sites for hydroxylation is 1. The van der Waals surface area contributed by atoms with Gasteiger partial charge in [0.15, 0.2) is 0 Å². The maximum Gasteiger partial charge on any atom is 0.268 e. The average molecular weight is 1470 g/mol. The molecule has 0 N–H and O–H groups in total. The summed E-state index contributed by atoms with van der Waals surface area (Å²) in [5, 5.41) is 1.56. The number of ether oxygens (including phenoxy) is 1. The number of hydrogen-bond acceptors (Lipinski definition) is 2. The molecule has 0 atom stereocenters. The Kier molecular flexibility index (Phi) is 13.8. The van der Waals surface area contributed by atoms with Crippen LogP contribution >= 0.6 is 0 Å². The zero-order chi connectivity index (χ0) is 79.4. The summed E-state index contributed by atoms with van der Waals surface area (Å²) in [6, 6.07) is 51.6.